The van der Waals surface area contributed by atoms with E-state index in [1.54, 1.807) is 26.8 Å². The summed E-state index contributed by atoms with van der Waals surface area (Å²) < 4.78 is 5.33. The summed E-state index contributed by atoms with van der Waals surface area (Å²) >= 11 is 0. The lowest BCUT2D eigenvalue weighted by molar-refractivity contribution is -0.164. The van der Waals surface area contributed by atoms with Gasteiger partial charge in [0.1, 0.15) is 11.6 Å². The highest BCUT2D eigenvalue weighted by Gasteiger charge is 2.42. The lowest BCUT2D eigenvalue weighted by atomic mass is 10.1. The van der Waals surface area contributed by atoms with Crippen molar-refractivity contribution in [3.05, 3.63) is 12.7 Å². The second-order valence-electron chi connectivity index (χ2n) is 6.01. The molecule has 0 aromatic heterocycles. The average Bonchev–Trinajstić information content (AvgIpc) is 2.77. The maximum atomic E-state index is 12.2. The van der Waals surface area contributed by atoms with E-state index < -0.39 is 23.5 Å². The van der Waals surface area contributed by atoms with Crippen LogP contribution in [0.5, 0.6) is 0 Å². The molecular formula is C15H23NO4. The summed E-state index contributed by atoms with van der Waals surface area (Å²) in [6.07, 6.45) is 4.73. The Labute approximate surface area is 120 Å². The Morgan fingerprint density at radius 2 is 2.00 bits per heavy atom. The summed E-state index contributed by atoms with van der Waals surface area (Å²) in [5.74, 6) is -1.08. The number of allylic oxidation sites excluding steroid dienone is 1. The fourth-order valence-corrected chi connectivity index (χ4v) is 2.47. The standard InChI is InChI=1S/C15H23NO4/c1-5-6-7-11-8-9-12(16(11)13(18)10-17)14(19)20-15(2,3)4/h5,10-12H,1,6-9H2,2-4H3/t11-,12-/m0/s1. The highest BCUT2D eigenvalue weighted by atomic mass is 16.6. The SMILES string of the molecule is C=CCC[C@H]1CC[C@@H](C(=O)OC(C)(C)C)N1C(=O)C=O. The van der Waals surface area contributed by atoms with Crippen LogP contribution in [0.2, 0.25) is 0 Å². The predicted molar refractivity (Wildman–Crippen MR) is 75.0 cm³/mol. The van der Waals surface area contributed by atoms with E-state index in [1.807, 2.05) is 0 Å². The molecule has 0 spiro atoms. The number of amides is 1. The Bertz CT molecular complexity index is 397. The van der Waals surface area contributed by atoms with Gasteiger partial charge in [-0.15, -0.1) is 6.58 Å². The summed E-state index contributed by atoms with van der Waals surface area (Å²) in [6.45, 7) is 8.99. The van der Waals surface area contributed by atoms with Crippen molar-refractivity contribution in [3.63, 3.8) is 0 Å². The van der Waals surface area contributed by atoms with Gasteiger partial charge in [-0.2, -0.15) is 0 Å². The second kappa shape index (κ2) is 6.68. The van der Waals surface area contributed by atoms with Crippen LogP contribution in [0.4, 0.5) is 0 Å². The molecule has 1 rings (SSSR count). The zero-order valence-corrected chi connectivity index (χ0v) is 12.4. The molecule has 0 bridgehead atoms. The molecule has 112 valence electrons. The maximum Gasteiger partial charge on any atom is 0.329 e. The molecule has 0 radical (unpaired) electrons. The topological polar surface area (TPSA) is 63.7 Å². The highest BCUT2D eigenvalue weighted by Crippen LogP contribution is 2.29. The summed E-state index contributed by atoms with van der Waals surface area (Å²) in [6, 6.07) is -0.745. The molecule has 1 heterocycles. The molecule has 1 amide bonds. The molecule has 0 aliphatic carbocycles. The van der Waals surface area contributed by atoms with E-state index in [2.05, 4.69) is 6.58 Å². The van der Waals surface area contributed by atoms with Crippen molar-refractivity contribution < 1.29 is 19.1 Å². The Morgan fingerprint density at radius 1 is 1.35 bits per heavy atom. The first kappa shape index (κ1) is 16.4. The minimum atomic E-state index is -0.651. The number of esters is 1. The smallest absolute Gasteiger partial charge is 0.329 e. The van der Waals surface area contributed by atoms with Crippen molar-refractivity contribution in [2.24, 2.45) is 0 Å². The zero-order chi connectivity index (χ0) is 15.3. The van der Waals surface area contributed by atoms with E-state index in [-0.39, 0.29) is 12.3 Å². The van der Waals surface area contributed by atoms with Crippen molar-refractivity contribution in [2.45, 2.75) is 64.1 Å². The van der Waals surface area contributed by atoms with Gasteiger partial charge in [0.15, 0.2) is 0 Å². The van der Waals surface area contributed by atoms with Crippen LogP contribution in [0.25, 0.3) is 0 Å². The molecule has 0 N–H and O–H groups in total. The van der Waals surface area contributed by atoms with Gasteiger partial charge in [-0.3, -0.25) is 9.59 Å². The summed E-state index contributed by atoms with van der Waals surface area (Å²) in [5.41, 5.74) is -0.605. The van der Waals surface area contributed by atoms with Gasteiger partial charge in [0.25, 0.3) is 5.91 Å². The molecule has 5 heteroatoms. The second-order valence-corrected chi connectivity index (χ2v) is 6.01. The van der Waals surface area contributed by atoms with Gasteiger partial charge in [-0.05, 0) is 46.5 Å². The van der Waals surface area contributed by atoms with Crippen LogP contribution < -0.4 is 0 Å². The van der Waals surface area contributed by atoms with E-state index in [4.69, 9.17) is 4.74 Å². The van der Waals surface area contributed by atoms with Crippen LogP contribution in [-0.2, 0) is 19.1 Å². The molecule has 1 saturated heterocycles. The quantitative estimate of drug-likeness (QED) is 0.334. The van der Waals surface area contributed by atoms with Gasteiger partial charge in [0.2, 0.25) is 6.29 Å². The number of ether oxygens (including phenoxy) is 1. The third-order valence-corrected chi connectivity index (χ3v) is 3.24. The molecule has 0 aromatic carbocycles. The molecule has 1 aliphatic rings. The fourth-order valence-electron chi connectivity index (χ4n) is 2.47. The molecule has 2 atom stereocenters. The van der Waals surface area contributed by atoms with Gasteiger partial charge < -0.3 is 9.64 Å². The molecule has 1 aliphatic heterocycles. The molecule has 0 saturated carbocycles. The van der Waals surface area contributed by atoms with Crippen LogP contribution in [0.1, 0.15) is 46.5 Å². The third kappa shape index (κ3) is 4.18. The number of hydrogen-bond donors (Lipinski definition) is 0. The van der Waals surface area contributed by atoms with Crippen molar-refractivity contribution in [1.82, 2.24) is 4.90 Å². The molecule has 20 heavy (non-hydrogen) atoms. The van der Waals surface area contributed by atoms with Gasteiger partial charge in [0.05, 0.1) is 0 Å². The van der Waals surface area contributed by atoms with Gasteiger partial charge in [-0.25, -0.2) is 4.79 Å². The first-order valence-corrected chi connectivity index (χ1v) is 6.91. The van der Waals surface area contributed by atoms with Gasteiger partial charge >= 0.3 is 5.97 Å². The van der Waals surface area contributed by atoms with Crippen molar-refractivity contribution in [3.8, 4) is 0 Å². The van der Waals surface area contributed by atoms with Gasteiger partial charge in [0, 0.05) is 6.04 Å². The average molecular weight is 281 g/mol. The number of nitrogens with zero attached hydrogens (tertiary/aromatic N) is 1. The van der Waals surface area contributed by atoms with Crippen LogP contribution >= 0.6 is 0 Å². The number of likely N-dealkylation sites (tertiary alicyclic amines) is 1. The number of carbonyl (C=O) groups is 3. The third-order valence-electron chi connectivity index (χ3n) is 3.24. The zero-order valence-electron chi connectivity index (χ0n) is 12.4. The minimum absolute atomic E-state index is 0.0942. The molecule has 0 aromatic rings. The van der Waals surface area contributed by atoms with E-state index >= 15 is 0 Å². The Morgan fingerprint density at radius 3 is 2.50 bits per heavy atom. The van der Waals surface area contributed by atoms with Crippen molar-refractivity contribution >= 4 is 18.2 Å². The molecule has 1 fully saturated rings. The number of carbonyl (C=O) groups excluding carboxylic acids is 3. The van der Waals surface area contributed by atoms with Crippen LogP contribution in [0, 0.1) is 0 Å². The Kier molecular flexibility index (Phi) is 5.48. The Balaban J connectivity index is 2.84. The first-order valence-electron chi connectivity index (χ1n) is 6.91. The van der Waals surface area contributed by atoms with Gasteiger partial charge in [-0.1, -0.05) is 6.08 Å². The van der Waals surface area contributed by atoms with Crippen LogP contribution in [0.3, 0.4) is 0 Å². The predicted octanol–water partition coefficient (Wildman–Crippen LogP) is 1.85. The van der Waals surface area contributed by atoms with Crippen LogP contribution in [0.15, 0.2) is 12.7 Å². The summed E-state index contributed by atoms with van der Waals surface area (Å²) in [7, 11) is 0. The number of hydrogen-bond acceptors (Lipinski definition) is 4. The lowest BCUT2D eigenvalue weighted by Gasteiger charge is -2.29. The first-order chi connectivity index (χ1) is 9.30. The summed E-state index contributed by atoms with van der Waals surface area (Å²) in [5, 5.41) is 0. The lowest BCUT2D eigenvalue weighted by Crippen LogP contribution is -2.47. The molecule has 5 nitrogen and oxygen atoms in total. The van der Waals surface area contributed by atoms with E-state index in [1.165, 1.54) is 4.90 Å². The number of rotatable bonds is 5. The number of aldehydes is 1. The highest BCUT2D eigenvalue weighted by molar-refractivity contribution is 6.24. The maximum absolute atomic E-state index is 12.2. The van der Waals surface area contributed by atoms with Crippen molar-refractivity contribution in [1.29, 1.82) is 0 Å². The van der Waals surface area contributed by atoms with Crippen molar-refractivity contribution in [2.75, 3.05) is 0 Å². The molecular weight excluding hydrogens is 258 g/mol. The Hall–Kier alpha value is -1.65. The monoisotopic (exact) mass is 281 g/mol. The fraction of sp³-hybridized carbons (Fsp3) is 0.667. The minimum Gasteiger partial charge on any atom is -0.458 e. The molecule has 0 unspecified atom stereocenters. The van der Waals surface area contributed by atoms with E-state index in [0.29, 0.717) is 19.3 Å². The largest absolute Gasteiger partial charge is 0.458 e. The summed E-state index contributed by atoms with van der Waals surface area (Å²) in [4.78, 5) is 36.1. The van der Waals surface area contributed by atoms with E-state index in [0.717, 1.165) is 6.42 Å². The van der Waals surface area contributed by atoms with Crippen LogP contribution in [-0.4, -0.2) is 40.7 Å². The normalized spacial score (nSPS) is 22.4. The van der Waals surface area contributed by atoms with E-state index in [9.17, 15) is 14.4 Å².